The van der Waals surface area contributed by atoms with Crippen LogP contribution in [-0.2, 0) is 54.2 Å². The molecule has 0 aliphatic carbocycles. The van der Waals surface area contributed by atoms with Crippen molar-refractivity contribution in [3.63, 3.8) is 0 Å². The Kier molecular flexibility index (Phi) is 14.1. The molecule has 58 heavy (non-hydrogen) atoms. The number of nitrogens with two attached hydrogens (primary N) is 1. The molecule has 0 saturated carbocycles. The van der Waals surface area contributed by atoms with Crippen LogP contribution in [-0.4, -0.2) is 127 Å². The Hall–Kier alpha value is -3.51. The Morgan fingerprint density at radius 1 is 1.05 bits per heavy atom. The van der Waals surface area contributed by atoms with Crippen LogP contribution in [0.15, 0.2) is 27.8 Å². The summed E-state index contributed by atoms with van der Waals surface area (Å²) in [6.45, 7) is 14.8. The van der Waals surface area contributed by atoms with Gasteiger partial charge in [0.05, 0.1) is 37.1 Å². The number of hydrogen-bond acceptors (Lipinski definition) is 16. The van der Waals surface area contributed by atoms with Crippen molar-refractivity contribution in [1.29, 1.82) is 0 Å². The molecular weight excluding hydrogens is 752 g/mol. The van der Waals surface area contributed by atoms with Crippen LogP contribution in [0.5, 0.6) is 0 Å². The van der Waals surface area contributed by atoms with Crippen molar-refractivity contribution in [2.45, 2.75) is 142 Å². The molecule has 4 heterocycles. The number of cyclic esters (lactones) is 1. The molecule has 3 aliphatic rings. The number of carbonyl (C=O) groups excluding carboxylic acids is 3. The molecule has 0 amide bonds. The van der Waals surface area contributed by atoms with Crippen molar-refractivity contribution in [1.82, 2.24) is 9.88 Å². The van der Waals surface area contributed by atoms with Crippen LogP contribution in [0.2, 0.25) is 0 Å². The summed E-state index contributed by atoms with van der Waals surface area (Å²) in [6, 6.07) is 5.27. The zero-order valence-electron chi connectivity index (χ0n) is 36.1. The summed E-state index contributed by atoms with van der Waals surface area (Å²) in [5.41, 5.74) is 2.89. The van der Waals surface area contributed by atoms with Crippen molar-refractivity contribution in [3.8, 4) is 0 Å². The van der Waals surface area contributed by atoms with E-state index in [0.29, 0.717) is 17.5 Å². The zero-order chi connectivity index (χ0) is 42.9. The van der Waals surface area contributed by atoms with Gasteiger partial charge in [-0.15, -0.1) is 0 Å². The smallest absolute Gasteiger partial charge is 0.319 e. The maximum absolute atomic E-state index is 14.8. The highest BCUT2D eigenvalue weighted by Gasteiger charge is 2.55. The Morgan fingerprint density at radius 2 is 1.76 bits per heavy atom. The molecule has 5 rings (SSSR count). The minimum atomic E-state index is -1.88. The highest BCUT2D eigenvalue weighted by molar-refractivity contribution is 6.04. The van der Waals surface area contributed by atoms with Gasteiger partial charge in [0.15, 0.2) is 17.7 Å². The molecule has 0 unspecified atom stereocenters. The number of nitrogens with zero attached hydrogens (tertiary/aromatic N) is 3. The normalized spacial score (nSPS) is 37.6. The van der Waals surface area contributed by atoms with E-state index in [2.05, 4.69) is 15.0 Å². The van der Waals surface area contributed by atoms with Gasteiger partial charge in [-0.1, -0.05) is 38.9 Å². The van der Waals surface area contributed by atoms with Gasteiger partial charge in [0.25, 0.3) is 6.01 Å². The lowest BCUT2D eigenvalue weighted by Gasteiger charge is -2.48. The first-order chi connectivity index (χ1) is 27.1. The minimum Gasteiger partial charge on any atom is -0.458 e. The van der Waals surface area contributed by atoms with Crippen LogP contribution < -0.4 is 5.73 Å². The molecule has 324 valence electrons. The summed E-state index contributed by atoms with van der Waals surface area (Å²) in [7, 11) is 5.50. The number of ketones is 2. The van der Waals surface area contributed by atoms with Crippen LogP contribution in [0, 0.1) is 23.2 Å². The number of likely N-dealkylation sites (N-methyl/N-ethyl adjacent to an activating group) is 1. The number of carbonyl (C=O) groups is 3. The van der Waals surface area contributed by atoms with Crippen LogP contribution in [0.4, 0.5) is 6.01 Å². The molecule has 3 fully saturated rings. The number of anilines is 1. The van der Waals surface area contributed by atoms with E-state index in [0.717, 1.165) is 5.56 Å². The molecule has 12 atom stereocenters. The second kappa shape index (κ2) is 18.0. The summed E-state index contributed by atoms with van der Waals surface area (Å²) >= 11 is 0. The molecule has 3 aliphatic heterocycles. The number of oxazole rings is 1. The molecule has 2 aromatic rings. The molecule has 16 heteroatoms. The number of fused-ring (bicyclic) bond motifs is 6. The Bertz CT molecular complexity index is 1810. The summed E-state index contributed by atoms with van der Waals surface area (Å²) in [5, 5.41) is 16.7. The predicted molar refractivity (Wildman–Crippen MR) is 214 cm³/mol. The molecule has 1 aromatic heterocycles. The highest BCUT2D eigenvalue weighted by atomic mass is 16.7. The first-order valence-electron chi connectivity index (χ1n) is 20.2. The maximum atomic E-state index is 14.8. The number of oxime groups is 1. The van der Waals surface area contributed by atoms with Crippen molar-refractivity contribution in [2.24, 2.45) is 28.3 Å². The summed E-state index contributed by atoms with van der Waals surface area (Å²) < 4.78 is 44.1. The van der Waals surface area contributed by atoms with Crippen LogP contribution in [0.1, 0.15) is 87.1 Å². The summed E-state index contributed by atoms with van der Waals surface area (Å²) in [5.74, 6) is -4.12. The average Bonchev–Trinajstić information content (AvgIpc) is 3.54. The second-order valence-corrected chi connectivity index (χ2v) is 17.6. The molecule has 3 saturated heterocycles. The van der Waals surface area contributed by atoms with E-state index >= 15 is 0 Å². The number of aliphatic hydroxyl groups is 1. The largest absolute Gasteiger partial charge is 0.458 e. The summed E-state index contributed by atoms with van der Waals surface area (Å²) in [4.78, 5) is 55.5. The molecular formula is C42H64N4O12. The number of aromatic nitrogens is 1. The van der Waals surface area contributed by atoms with Gasteiger partial charge in [-0.25, -0.2) is 0 Å². The van der Waals surface area contributed by atoms with Gasteiger partial charge >= 0.3 is 5.97 Å². The number of nitrogen functional groups attached to an aromatic ring is 1. The average molecular weight is 817 g/mol. The van der Waals surface area contributed by atoms with E-state index in [-0.39, 0.29) is 62.3 Å². The van der Waals surface area contributed by atoms with Crippen LogP contribution in [0.3, 0.4) is 0 Å². The van der Waals surface area contributed by atoms with E-state index in [1.165, 1.54) is 20.8 Å². The molecule has 0 spiro atoms. The van der Waals surface area contributed by atoms with E-state index < -0.39 is 76.8 Å². The molecule has 0 radical (unpaired) electrons. The van der Waals surface area contributed by atoms with Crippen LogP contribution >= 0.6 is 0 Å². The van der Waals surface area contributed by atoms with Crippen molar-refractivity contribution < 1.29 is 57.2 Å². The molecule has 3 N–H and O–H groups in total. The summed E-state index contributed by atoms with van der Waals surface area (Å²) in [6.07, 6.45) is -4.26. The Labute approximate surface area is 341 Å². The molecule has 2 bridgehead atoms. The van der Waals surface area contributed by atoms with Gasteiger partial charge in [0, 0.05) is 30.9 Å². The van der Waals surface area contributed by atoms with E-state index in [1.54, 1.807) is 59.9 Å². The monoisotopic (exact) mass is 816 g/mol. The second-order valence-electron chi connectivity index (χ2n) is 17.6. The van der Waals surface area contributed by atoms with Gasteiger partial charge in [0.2, 0.25) is 0 Å². The SMILES string of the molecule is CC[C@H]1OC(=O)C(C)(C)C(=O)[C@H](C)[C@@H](O[C@@H]2O[C@H](C)C[C@H](N(C)C)[C@H]2OC)[C@@]2(C)C[C@@H](C)C(=O)[C@H](C)[C@@H](OC/C(=N\OCc3ccc4oc(N)nc4c3)CO2)[C@]1(C)O. The highest BCUT2D eigenvalue weighted by Crippen LogP contribution is 2.41. The van der Waals surface area contributed by atoms with Gasteiger partial charge in [0.1, 0.15) is 46.8 Å². The fourth-order valence-corrected chi connectivity index (χ4v) is 8.91. The van der Waals surface area contributed by atoms with Gasteiger partial charge in [-0.2, -0.15) is 4.98 Å². The van der Waals surface area contributed by atoms with Gasteiger partial charge in [-0.3, -0.25) is 14.4 Å². The Morgan fingerprint density at radius 3 is 2.41 bits per heavy atom. The molecule has 16 nitrogen and oxygen atoms in total. The van der Waals surface area contributed by atoms with Crippen molar-refractivity contribution >= 4 is 40.4 Å². The lowest BCUT2D eigenvalue weighted by molar-refractivity contribution is -0.300. The number of Topliss-reactive ketones (excluding diaryl/α,β-unsaturated/α-hetero) is 2. The molecule has 1 aromatic carbocycles. The number of methoxy groups -OCH3 is 1. The maximum Gasteiger partial charge on any atom is 0.319 e. The van der Waals surface area contributed by atoms with Crippen molar-refractivity contribution in [2.75, 3.05) is 40.2 Å². The predicted octanol–water partition coefficient (Wildman–Crippen LogP) is 4.47. The van der Waals surface area contributed by atoms with E-state index in [9.17, 15) is 19.5 Å². The van der Waals surface area contributed by atoms with Crippen molar-refractivity contribution in [3.05, 3.63) is 23.8 Å². The van der Waals surface area contributed by atoms with Gasteiger partial charge < -0.3 is 53.4 Å². The topological polar surface area (TPSA) is 204 Å². The number of benzene rings is 1. The quantitative estimate of drug-likeness (QED) is 0.214. The zero-order valence-corrected chi connectivity index (χ0v) is 36.1. The third kappa shape index (κ3) is 9.43. The van der Waals surface area contributed by atoms with E-state index in [1.807, 2.05) is 21.0 Å². The minimum absolute atomic E-state index is 0.0411. The number of ether oxygens (including phenoxy) is 6. The third-order valence-corrected chi connectivity index (χ3v) is 12.2. The fourth-order valence-electron chi connectivity index (χ4n) is 8.91. The first kappa shape index (κ1) is 45.6. The fraction of sp³-hybridized carbons (Fsp3) is 0.738. The lowest BCUT2D eigenvalue weighted by atomic mass is 9.72. The number of esters is 1. The number of rotatable bonds is 8. The lowest BCUT2D eigenvalue weighted by Crippen LogP contribution is -2.61. The number of hydrogen-bond donors (Lipinski definition) is 2. The Balaban J connectivity index is 1.63. The third-order valence-electron chi connectivity index (χ3n) is 12.2. The van der Waals surface area contributed by atoms with Gasteiger partial charge in [-0.05, 0) is 85.7 Å². The first-order valence-corrected chi connectivity index (χ1v) is 20.2. The standard InChI is InChI=1S/C42H64N4O12/c1-13-31-42(9,50)36-24(4)32(47)22(2)18-41(8,53-21-27(20-52-36)45-54-19-26-14-15-30-28(17-26)44-39(43)56-30)35(25(5)34(48)40(6,7)38(49)57-31)58-37-33(51-12)29(46(10)11)16-23(3)55-37/h14-15,17,22-25,29,31,33,35-37,50H,13,16,18-21H2,1-12H3,(H2,43,44)/b45-27+/t22-,23-,24+,25+,29+,31-,33-,35-,36-,37+,41-,42-/m1/s1. The van der Waals surface area contributed by atoms with Crippen LogP contribution in [0.25, 0.3) is 11.1 Å². The van der Waals surface area contributed by atoms with E-state index in [4.69, 9.17) is 43.4 Å².